The molecule has 20 heavy (non-hydrogen) atoms. The molecule has 0 unspecified atom stereocenters. The van der Waals surface area contributed by atoms with E-state index in [9.17, 15) is 0 Å². The van der Waals surface area contributed by atoms with Crippen molar-refractivity contribution >= 4 is 0 Å². The molecule has 0 atom stereocenters. The van der Waals surface area contributed by atoms with Crippen LogP contribution in [0.15, 0.2) is 42.5 Å². The monoisotopic (exact) mass is 265 g/mol. The lowest BCUT2D eigenvalue weighted by Gasteiger charge is -2.32. The normalized spacial score (nSPS) is 12.5. The van der Waals surface area contributed by atoms with E-state index in [2.05, 4.69) is 90.1 Å². The van der Waals surface area contributed by atoms with E-state index >= 15 is 0 Å². The van der Waals surface area contributed by atoms with Crippen molar-refractivity contribution in [1.82, 2.24) is 0 Å². The molecule has 0 aliphatic carbocycles. The van der Waals surface area contributed by atoms with E-state index in [4.69, 9.17) is 0 Å². The Morgan fingerprint density at radius 2 is 1.35 bits per heavy atom. The van der Waals surface area contributed by atoms with E-state index in [1.54, 1.807) is 0 Å². The highest BCUT2D eigenvalue weighted by molar-refractivity contribution is 5.70. The van der Waals surface area contributed by atoms with Crippen molar-refractivity contribution in [1.29, 1.82) is 0 Å². The topological polar surface area (TPSA) is 0 Å². The summed E-state index contributed by atoms with van der Waals surface area (Å²) in [7, 11) is 0. The maximum absolute atomic E-state index is 3.47. The lowest BCUT2D eigenvalue weighted by atomic mass is 9.72. The van der Waals surface area contributed by atoms with Crippen LogP contribution in [-0.4, -0.2) is 0 Å². The van der Waals surface area contributed by atoms with Gasteiger partial charge in [0.05, 0.1) is 0 Å². The molecule has 2 aromatic carbocycles. The molecule has 0 saturated heterocycles. The van der Waals surface area contributed by atoms with Crippen LogP contribution >= 0.6 is 0 Å². The van der Waals surface area contributed by atoms with Crippen LogP contribution in [0.1, 0.15) is 52.7 Å². The second-order valence-corrected chi connectivity index (χ2v) is 7.51. The van der Waals surface area contributed by atoms with Gasteiger partial charge in [0.25, 0.3) is 0 Å². The van der Waals surface area contributed by atoms with Crippen molar-refractivity contribution < 1.29 is 0 Å². The van der Waals surface area contributed by atoms with Gasteiger partial charge >= 0.3 is 0 Å². The molecule has 0 aliphatic rings. The fraction of sp³-hybridized carbons (Fsp3) is 0.400. The van der Waals surface area contributed by atoms with Crippen molar-refractivity contribution in [3.05, 3.63) is 59.7 Å². The van der Waals surface area contributed by atoms with Crippen LogP contribution in [0, 0.1) is 6.07 Å². The van der Waals surface area contributed by atoms with Gasteiger partial charge in [-0.05, 0) is 39.2 Å². The summed E-state index contributed by atoms with van der Waals surface area (Å²) in [5.74, 6) is 0. The highest BCUT2D eigenvalue weighted by Gasteiger charge is 2.27. The maximum Gasteiger partial charge on any atom is -0.00648 e. The Morgan fingerprint density at radius 3 is 1.85 bits per heavy atom. The van der Waals surface area contributed by atoms with Crippen molar-refractivity contribution in [2.24, 2.45) is 0 Å². The largest absolute Gasteiger partial charge is 0.0622 e. The fourth-order valence-corrected chi connectivity index (χ4v) is 2.74. The Bertz CT molecular complexity index is 578. The Morgan fingerprint density at radius 1 is 0.750 bits per heavy atom. The Kier molecular flexibility index (Phi) is 3.77. The van der Waals surface area contributed by atoms with Gasteiger partial charge in [0.2, 0.25) is 0 Å². The van der Waals surface area contributed by atoms with E-state index in [0.29, 0.717) is 0 Å². The molecule has 0 N–H and O–H groups in total. The van der Waals surface area contributed by atoms with E-state index < -0.39 is 0 Å². The van der Waals surface area contributed by atoms with Gasteiger partial charge in [-0.15, -0.1) is 0 Å². The first-order valence-corrected chi connectivity index (χ1v) is 7.32. The number of hydrogen-bond acceptors (Lipinski definition) is 0. The lowest BCUT2D eigenvalue weighted by molar-refractivity contribution is 0.531. The summed E-state index contributed by atoms with van der Waals surface area (Å²) in [4.78, 5) is 0. The number of benzene rings is 2. The second kappa shape index (κ2) is 5.09. The summed E-state index contributed by atoms with van der Waals surface area (Å²) in [5, 5.41) is 0. The molecule has 105 valence electrons. The van der Waals surface area contributed by atoms with Gasteiger partial charge in [0.15, 0.2) is 0 Å². The molecular formula is C20H25. The minimum Gasteiger partial charge on any atom is -0.0622 e. The van der Waals surface area contributed by atoms with Crippen molar-refractivity contribution in [3.8, 4) is 11.1 Å². The number of hydrogen-bond donors (Lipinski definition) is 0. The zero-order chi connectivity index (χ0) is 15.0. The molecule has 0 fully saturated rings. The summed E-state index contributed by atoms with van der Waals surface area (Å²) >= 11 is 0. The molecule has 0 aromatic heterocycles. The fourth-order valence-electron chi connectivity index (χ4n) is 2.74. The molecule has 0 amide bonds. The molecule has 0 saturated carbocycles. The summed E-state index contributed by atoms with van der Waals surface area (Å²) in [5.41, 5.74) is 5.57. The van der Waals surface area contributed by atoms with E-state index in [1.165, 1.54) is 22.3 Å². The molecule has 0 nitrogen and oxygen atoms in total. The Labute approximate surface area is 123 Å². The van der Waals surface area contributed by atoms with Crippen LogP contribution in [-0.2, 0) is 10.8 Å². The summed E-state index contributed by atoms with van der Waals surface area (Å²) in [6.45, 7) is 13.7. The molecule has 2 aromatic rings. The van der Waals surface area contributed by atoms with Crippen LogP contribution in [0.25, 0.3) is 11.1 Å². The van der Waals surface area contributed by atoms with Gasteiger partial charge in [-0.2, -0.15) is 0 Å². The first-order valence-electron chi connectivity index (χ1n) is 7.32. The van der Waals surface area contributed by atoms with E-state index in [0.717, 1.165) is 0 Å². The third-order valence-corrected chi connectivity index (χ3v) is 3.62. The maximum atomic E-state index is 3.47. The zero-order valence-corrected chi connectivity index (χ0v) is 13.5. The molecule has 0 heterocycles. The van der Waals surface area contributed by atoms with Gasteiger partial charge in [-0.3, -0.25) is 0 Å². The van der Waals surface area contributed by atoms with Gasteiger partial charge < -0.3 is 0 Å². The van der Waals surface area contributed by atoms with Crippen LogP contribution in [0.4, 0.5) is 0 Å². The Balaban J connectivity index is 2.77. The lowest BCUT2D eigenvalue weighted by Crippen LogP contribution is -2.23. The van der Waals surface area contributed by atoms with E-state index in [-0.39, 0.29) is 10.8 Å². The van der Waals surface area contributed by atoms with Crippen molar-refractivity contribution in [3.63, 3.8) is 0 Å². The van der Waals surface area contributed by atoms with Crippen LogP contribution in [0.3, 0.4) is 0 Å². The van der Waals surface area contributed by atoms with Gasteiger partial charge in [0.1, 0.15) is 0 Å². The van der Waals surface area contributed by atoms with Crippen LogP contribution < -0.4 is 0 Å². The summed E-state index contributed by atoms with van der Waals surface area (Å²) in [6.07, 6.45) is 0. The standard InChI is InChI=1S/C20H25/c1-19(2,3)17-14-10-13-16(18(17)20(4,5)6)15-11-8-7-9-12-15/h7-12,14H,1-6H3. The molecule has 0 heteroatoms. The molecule has 1 radical (unpaired) electrons. The molecule has 0 aliphatic heterocycles. The average molecular weight is 265 g/mol. The predicted molar refractivity (Wildman–Crippen MR) is 88.1 cm³/mol. The minimum atomic E-state index is 0.103. The first kappa shape index (κ1) is 14.8. The van der Waals surface area contributed by atoms with Gasteiger partial charge in [-0.25, -0.2) is 0 Å². The van der Waals surface area contributed by atoms with Crippen molar-refractivity contribution in [2.75, 3.05) is 0 Å². The SMILES string of the molecule is CC(C)(C)c1cc[c]c(-c2ccccc2)c1C(C)(C)C. The average Bonchev–Trinajstić information content (AvgIpc) is 2.37. The van der Waals surface area contributed by atoms with Gasteiger partial charge in [-0.1, -0.05) is 84.0 Å². The van der Waals surface area contributed by atoms with Gasteiger partial charge in [0, 0.05) is 0 Å². The molecule has 2 rings (SSSR count). The number of rotatable bonds is 1. The summed E-state index contributed by atoms with van der Waals surface area (Å²) in [6, 6.07) is 18.4. The van der Waals surface area contributed by atoms with Crippen molar-refractivity contribution in [2.45, 2.75) is 52.4 Å². The zero-order valence-electron chi connectivity index (χ0n) is 13.5. The van der Waals surface area contributed by atoms with Crippen LogP contribution in [0.5, 0.6) is 0 Å². The highest BCUT2D eigenvalue weighted by atomic mass is 14.3. The van der Waals surface area contributed by atoms with Crippen LogP contribution in [0.2, 0.25) is 0 Å². The quantitative estimate of drug-likeness (QED) is 0.616. The summed E-state index contributed by atoms with van der Waals surface area (Å²) < 4.78 is 0. The molecular weight excluding hydrogens is 240 g/mol. The predicted octanol–water partition coefficient (Wildman–Crippen LogP) is 5.75. The first-order chi connectivity index (χ1) is 9.21. The Hall–Kier alpha value is -1.56. The third-order valence-electron chi connectivity index (χ3n) is 3.62. The molecule has 0 bridgehead atoms. The molecule has 0 spiro atoms. The smallest absolute Gasteiger partial charge is 0.00648 e. The second-order valence-electron chi connectivity index (χ2n) is 7.51. The third kappa shape index (κ3) is 2.95. The van der Waals surface area contributed by atoms with E-state index in [1.807, 2.05) is 0 Å². The minimum absolute atomic E-state index is 0.103. The highest BCUT2D eigenvalue weighted by Crippen LogP contribution is 2.39.